The second-order valence-corrected chi connectivity index (χ2v) is 5.27. The first-order valence-corrected chi connectivity index (χ1v) is 6.69. The minimum Gasteiger partial charge on any atom is -0.375 e. The lowest BCUT2D eigenvalue weighted by atomic mass is 10.1. The zero-order chi connectivity index (χ0) is 14.7. The quantitative estimate of drug-likeness (QED) is 0.663. The van der Waals surface area contributed by atoms with Crippen molar-refractivity contribution in [3.05, 3.63) is 67.9 Å². The summed E-state index contributed by atoms with van der Waals surface area (Å²) in [7, 11) is 0. The molecule has 104 valence electrons. The Morgan fingerprint density at radius 1 is 1.30 bits per heavy atom. The Hall–Kier alpha value is -1.95. The molecule has 0 amide bonds. The van der Waals surface area contributed by atoms with Gasteiger partial charge in [-0.25, -0.2) is 4.39 Å². The molecule has 0 saturated carbocycles. The van der Waals surface area contributed by atoms with Crippen LogP contribution in [0.5, 0.6) is 0 Å². The van der Waals surface area contributed by atoms with Gasteiger partial charge < -0.3 is 5.32 Å². The highest BCUT2D eigenvalue weighted by molar-refractivity contribution is 9.10. The molecule has 0 aliphatic carbocycles. The maximum absolute atomic E-state index is 13.4. The van der Waals surface area contributed by atoms with Crippen molar-refractivity contribution < 1.29 is 9.31 Å². The van der Waals surface area contributed by atoms with Gasteiger partial charge in [-0.1, -0.05) is 28.1 Å². The number of nitro benzene ring substituents is 1. The number of nitro groups is 1. The van der Waals surface area contributed by atoms with Crippen LogP contribution in [-0.4, -0.2) is 4.92 Å². The third-order valence-corrected chi connectivity index (χ3v) is 3.40. The average Bonchev–Trinajstić information content (AvgIpc) is 2.41. The molecule has 1 N–H and O–H groups in total. The molecule has 0 aliphatic rings. The summed E-state index contributed by atoms with van der Waals surface area (Å²) in [4.78, 5) is 10.3. The average molecular weight is 339 g/mol. The van der Waals surface area contributed by atoms with Crippen LogP contribution in [0.25, 0.3) is 0 Å². The number of aryl methyl sites for hydroxylation is 1. The molecular weight excluding hydrogens is 327 g/mol. The van der Waals surface area contributed by atoms with Crippen molar-refractivity contribution in [2.75, 3.05) is 5.32 Å². The Morgan fingerprint density at radius 3 is 2.55 bits per heavy atom. The van der Waals surface area contributed by atoms with Crippen LogP contribution < -0.4 is 5.32 Å². The topological polar surface area (TPSA) is 55.2 Å². The van der Waals surface area contributed by atoms with Crippen molar-refractivity contribution in [1.29, 1.82) is 0 Å². The predicted octanol–water partition coefficient (Wildman–Crippen LogP) is 4.42. The smallest absolute Gasteiger partial charge is 0.295 e. The second kappa shape index (κ2) is 6.00. The molecule has 2 aromatic carbocycles. The summed E-state index contributed by atoms with van der Waals surface area (Å²) in [6.45, 7) is 2.00. The van der Waals surface area contributed by atoms with Gasteiger partial charge in [0.15, 0.2) is 0 Å². The van der Waals surface area contributed by atoms with Crippen LogP contribution in [0.2, 0.25) is 0 Å². The van der Waals surface area contributed by atoms with Crippen molar-refractivity contribution in [2.45, 2.75) is 13.5 Å². The van der Waals surface area contributed by atoms with Crippen LogP contribution in [0.15, 0.2) is 40.9 Å². The standard InChI is InChI=1S/C14H12BrFN2O2/c1-9-6-13(14(18(19)20)7-12(9)16)17-8-10-2-4-11(15)5-3-10/h2-7,17H,8H2,1H3. The van der Waals surface area contributed by atoms with E-state index in [1.165, 1.54) is 6.07 Å². The van der Waals surface area contributed by atoms with Gasteiger partial charge in [0.1, 0.15) is 11.5 Å². The van der Waals surface area contributed by atoms with Crippen molar-refractivity contribution in [3.8, 4) is 0 Å². The molecule has 6 heteroatoms. The summed E-state index contributed by atoms with van der Waals surface area (Å²) in [5.41, 5.74) is 1.40. The van der Waals surface area contributed by atoms with Gasteiger partial charge in [-0.15, -0.1) is 0 Å². The van der Waals surface area contributed by atoms with E-state index in [2.05, 4.69) is 21.2 Å². The largest absolute Gasteiger partial charge is 0.375 e. The summed E-state index contributed by atoms with van der Waals surface area (Å²) in [6.07, 6.45) is 0. The van der Waals surface area contributed by atoms with Gasteiger partial charge in [0, 0.05) is 11.0 Å². The normalized spacial score (nSPS) is 10.3. The SMILES string of the molecule is Cc1cc(NCc2ccc(Br)cc2)c([N+](=O)[O-])cc1F. The zero-order valence-corrected chi connectivity index (χ0v) is 12.3. The van der Waals surface area contributed by atoms with Crippen molar-refractivity contribution in [3.63, 3.8) is 0 Å². The van der Waals surface area contributed by atoms with E-state index in [-0.39, 0.29) is 5.69 Å². The van der Waals surface area contributed by atoms with Crippen LogP contribution in [0.3, 0.4) is 0 Å². The van der Waals surface area contributed by atoms with E-state index in [1.807, 2.05) is 24.3 Å². The molecule has 2 rings (SSSR count). The molecule has 4 nitrogen and oxygen atoms in total. The van der Waals surface area contributed by atoms with Gasteiger partial charge in [0.25, 0.3) is 5.69 Å². The van der Waals surface area contributed by atoms with Gasteiger partial charge in [-0.05, 0) is 36.2 Å². The first kappa shape index (κ1) is 14.5. The maximum Gasteiger partial charge on any atom is 0.295 e. The zero-order valence-electron chi connectivity index (χ0n) is 10.7. The fourth-order valence-electron chi connectivity index (χ4n) is 1.76. The van der Waals surface area contributed by atoms with Gasteiger partial charge in [0.2, 0.25) is 0 Å². The molecule has 2 aromatic rings. The van der Waals surface area contributed by atoms with Crippen LogP contribution in [0.4, 0.5) is 15.8 Å². The Labute approximate surface area is 123 Å². The molecule has 0 aromatic heterocycles. The fourth-order valence-corrected chi connectivity index (χ4v) is 2.03. The van der Waals surface area contributed by atoms with E-state index in [0.29, 0.717) is 17.8 Å². The molecule has 0 spiro atoms. The summed E-state index contributed by atoms with van der Waals surface area (Å²) < 4.78 is 14.4. The third kappa shape index (κ3) is 3.33. The Balaban J connectivity index is 2.22. The minimum atomic E-state index is -0.591. The number of rotatable bonds is 4. The molecule has 0 bridgehead atoms. The minimum absolute atomic E-state index is 0.259. The highest BCUT2D eigenvalue weighted by Crippen LogP contribution is 2.28. The van der Waals surface area contributed by atoms with Crippen LogP contribution in [-0.2, 0) is 6.54 Å². The summed E-state index contributed by atoms with van der Waals surface area (Å²) >= 11 is 3.34. The molecule has 0 atom stereocenters. The monoisotopic (exact) mass is 338 g/mol. The lowest BCUT2D eigenvalue weighted by Gasteiger charge is -2.09. The van der Waals surface area contributed by atoms with Gasteiger partial charge in [-0.3, -0.25) is 10.1 Å². The highest BCUT2D eigenvalue weighted by Gasteiger charge is 2.16. The van der Waals surface area contributed by atoms with Crippen molar-refractivity contribution in [2.24, 2.45) is 0 Å². The third-order valence-electron chi connectivity index (χ3n) is 2.87. The fraction of sp³-hybridized carbons (Fsp3) is 0.143. The number of benzene rings is 2. The van der Waals surface area contributed by atoms with Gasteiger partial charge in [0.05, 0.1) is 11.0 Å². The Bertz CT molecular complexity index is 644. The molecule has 0 heterocycles. The molecular formula is C14H12BrFN2O2. The van der Waals surface area contributed by atoms with Gasteiger partial charge >= 0.3 is 0 Å². The number of hydrogen-bond acceptors (Lipinski definition) is 3. The van der Waals surface area contributed by atoms with E-state index in [9.17, 15) is 14.5 Å². The van der Waals surface area contributed by atoms with E-state index in [1.54, 1.807) is 6.92 Å². The van der Waals surface area contributed by atoms with E-state index in [0.717, 1.165) is 16.1 Å². The molecule has 20 heavy (non-hydrogen) atoms. The predicted molar refractivity (Wildman–Crippen MR) is 79.3 cm³/mol. The first-order valence-electron chi connectivity index (χ1n) is 5.90. The number of nitrogens with one attached hydrogen (secondary N) is 1. The van der Waals surface area contributed by atoms with Crippen molar-refractivity contribution >= 4 is 27.3 Å². The maximum atomic E-state index is 13.4. The molecule has 0 unspecified atom stereocenters. The summed E-state index contributed by atoms with van der Waals surface area (Å²) in [5.74, 6) is -0.578. The molecule has 0 fully saturated rings. The summed E-state index contributed by atoms with van der Waals surface area (Å²) in [6, 6.07) is 9.98. The molecule has 0 aliphatic heterocycles. The van der Waals surface area contributed by atoms with E-state index < -0.39 is 10.7 Å². The summed E-state index contributed by atoms with van der Waals surface area (Å²) in [5, 5.41) is 13.9. The van der Waals surface area contributed by atoms with Gasteiger partial charge in [-0.2, -0.15) is 0 Å². The number of hydrogen-bond donors (Lipinski definition) is 1. The number of halogens is 2. The lowest BCUT2D eigenvalue weighted by Crippen LogP contribution is -2.04. The lowest BCUT2D eigenvalue weighted by molar-refractivity contribution is -0.384. The number of nitrogens with zero attached hydrogens (tertiary/aromatic N) is 1. The molecule has 0 radical (unpaired) electrons. The first-order chi connectivity index (χ1) is 9.47. The van der Waals surface area contributed by atoms with Crippen LogP contribution in [0.1, 0.15) is 11.1 Å². The van der Waals surface area contributed by atoms with E-state index >= 15 is 0 Å². The number of anilines is 1. The van der Waals surface area contributed by atoms with Crippen molar-refractivity contribution in [1.82, 2.24) is 0 Å². The van der Waals surface area contributed by atoms with Crippen LogP contribution in [0, 0.1) is 22.9 Å². The Kier molecular flexibility index (Phi) is 4.34. The van der Waals surface area contributed by atoms with Crippen LogP contribution >= 0.6 is 15.9 Å². The molecule has 0 saturated heterocycles. The second-order valence-electron chi connectivity index (χ2n) is 4.36. The highest BCUT2D eigenvalue weighted by atomic mass is 79.9. The van der Waals surface area contributed by atoms with E-state index in [4.69, 9.17) is 0 Å². The Morgan fingerprint density at radius 2 is 1.95 bits per heavy atom.